The van der Waals surface area contributed by atoms with Crippen molar-refractivity contribution in [3.63, 3.8) is 0 Å². The summed E-state index contributed by atoms with van der Waals surface area (Å²) in [4.78, 5) is 12.2. The number of hydrogen-bond acceptors (Lipinski definition) is 6. The molecule has 0 bridgehead atoms. The van der Waals surface area contributed by atoms with E-state index in [0.29, 0.717) is 22.9 Å². The maximum absolute atomic E-state index is 12.2. The zero-order valence-corrected chi connectivity index (χ0v) is 11.4. The van der Waals surface area contributed by atoms with Gasteiger partial charge in [0.2, 0.25) is 0 Å². The fourth-order valence-electron chi connectivity index (χ4n) is 1.64. The molecule has 1 amide bonds. The van der Waals surface area contributed by atoms with E-state index in [2.05, 4.69) is 25.9 Å². The second-order valence-corrected chi connectivity index (χ2v) is 4.07. The largest absolute Gasteiger partial charge is 0.497 e. The molecule has 20 heavy (non-hydrogen) atoms. The van der Waals surface area contributed by atoms with Crippen molar-refractivity contribution in [1.82, 2.24) is 25.9 Å². The average molecular weight is 277 g/mol. The highest BCUT2D eigenvalue weighted by Gasteiger charge is 2.16. The first kappa shape index (κ1) is 13.8. The molecule has 0 radical (unpaired) electrons. The number of H-pyrrole nitrogens is 1. The summed E-state index contributed by atoms with van der Waals surface area (Å²) in [7, 11) is 3.05. The molecule has 0 spiro atoms. The smallest absolute Gasteiger partial charge is 0.252 e. The summed E-state index contributed by atoms with van der Waals surface area (Å²) in [5.74, 6) is 1.22. The number of nitrogens with one attached hydrogen (secondary N) is 2. The number of aromatic amines is 1. The summed E-state index contributed by atoms with van der Waals surface area (Å²) in [6.07, 6.45) is 0. The van der Waals surface area contributed by atoms with Crippen LogP contribution >= 0.6 is 0 Å². The summed E-state index contributed by atoms with van der Waals surface area (Å²) in [6, 6.07) is 4.58. The van der Waals surface area contributed by atoms with E-state index in [1.165, 1.54) is 14.2 Å². The maximum Gasteiger partial charge on any atom is 0.252 e. The first-order valence-corrected chi connectivity index (χ1v) is 5.91. The number of tetrazole rings is 1. The molecular formula is C12H15N5O3. The number of aromatic nitrogens is 4. The van der Waals surface area contributed by atoms with Crippen molar-refractivity contribution in [2.24, 2.45) is 0 Å². The maximum atomic E-state index is 12.2. The Balaban J connectivity index is 2.16. The zero-order valence-electron chi connectivity index (χ0n) is 11.4. The Kier molecular flexibility index (Phi) is 4.14. The number of rotatable bonds is 5. The third kappa shape index (κ3) is 3.02. The molecule has 2 N–H and O–H groups in total. The lowest BCUT2D eigenvalue weighted by Crippen LogP contribution is -2.27. The van der Waals surface area contributed by atoms with Gasteiger partial charge in [-0.3, -0.25) is 4.79 Å². The second kappa shape index (κ2) is 6.00. The molecule has 1 unspecified atom stereocenters. The Bertz CT molecular complexity index is 563. The average Bonchev–Trinajstić information content (AvgIpc) is 3.00. The number of carbonyl (C=O) groups excluding carboxylic acids is 1. The monoisotopic (exact) mass is 277 g/mol. The van der Waals surface area contributed by atoms with E-state index in [4.69, 9.17) is 9.47 Å². The van der Waals surface area contributed by atoms with E-state index in [0.717, 1.165) is 0 Å². The van der Waals surface area contributed by atoms with E-state index in [1.807, 2.05) is 0 Å². The summed E-state index contributed by atoms with van der Waals surface area (Å²) in [5, 5.41) is 16.2. The molecule has 8 nitrogen and oxygen atoms in total. The topological polar surface area (TPSA) is 102 Å². The highest BCUT2D eigenvalue weighted by Crippen LogP contribution is 2.22. The number of hydrogen-bond donors (Lipinski definition) is 2. The van der Waals surface area contributed by atoms with Crippen molar-refractivity contribution >= 4 is 5.91 Å². The fraction of sp³-hybridized carbons (Fsp3) is 0.333. The molecule has 1 heterocycles. The van der Waals surface area contributed by atoms with Crippen molar-refractivity contribution in [2.45, 2.75) is 13.0 Å². The van der Waals surface area contributed by atoms with Crippen molar-refractivity contribution in [3.05, 3.63) is 29.6 Å². The Morgan fingerprint density at radius 1 is 1.25 bits per heavy atom. The third-order valence-corrected chi connectivity index (χ3v) is 2.71. The van der Waals surface area contributed by atoms with Crippen molar-refractivity contribution in [3.8, 4) is 11.5 Å². The molecule has 0 saturated heterocycles. The van der Waals surface area contributed by atoms with Crippen LogP contribution in [0.3, 0.4) is 0 Å². The van der Waals surface area contributed by atoms with Gasteiger partial charge in [0, 0.05) is 11.6 Å². The minimum atomic E-state index is -0.363. The number of methoxy groups -OCH3 is 2. The molecule has 0 aliphatic carbocycles. The van der Waals surface area contributed by atoms with E-state index in [9.17, 15) is 4.79 Å². The van der Waals surface area contributed by atoms with Crippen molar-refractivity contribution in [1.29, 1.82) is 0 Å². The second-order valence-electron chi connectivity index (χ2n) is 4.07. The summed E-state index contributed by atoms with van der Waals surface area (Å²) < 4.78 is 10.3. The Hall–Kier alpha value is -2.64. The molecule has 2 rings (SSSR count). The fourth-order valence-corrected chi connectivity index (χ4v) is 1.64. The van der Waals surface area contributed by atoms with Gasteiger partial charge in [0.1, 0.15) is 11.5 Å². The first-order valence-electron chi connectivity index (χ1n) is 5.91. The molecule has 0 saturated carbocycles. The lowest BCUT2D eigenvalue weighted by atomic mass is 10.1. The Morgan fingerprint density at radius 3 is 2.40 bits per heavy atom. The number of benzene rings is 1. The number of nitrogens with zero attached hydrogens (tertiary/aromatic N) is 3. The lowest BCUT2D eigenvalue weighted by Gasteiger charge is -2.12. The van der Waals surface area contributed by atoms with Gasteiger partial charge in [0.25, 0.3) is 5.91 Å². The van der Waals surface area contributed by atoms with Crippen LogP contribution in [0.25, 0.3) is 0 Å². The molecule has 2 aromatic rings. The predicted molar refractivity (Wildman–Crippen MR) is 69.6 cm³/mol. The van der Waals surface area contributed by atoms with Gasteiger partial charge in [-0.25, -0.2) is 0 Å². The minimum Gasteiger partial charge on any atom is -0.497 e. The van der Waals surface area contributed by atoms with Gasteiger partial charge in [-0.2, -0.15) is 5.21 Å². The zero-order chi connectivity index (χ0) is 14.5. The van der Waals surface area contributed by atoms with Gasteiger partial charge < -0.3 is 14.8 Å². The molecule has 106 valence electrons. The van der Waals surface area contributed by atoms with Crippen LogP contribution in [-0.4, -0.2) is 40.8 Å². The van der Waals surface area contributed by atoms with Crippen LogP contribution in [-0.2, 0) is 0 Å². The standard InChI is InChI=1S/C12H15N5O3/c1-7(11-14-16-17-15-11)13-12(18)8-4-9(19-2)6-10(5-8)20-3/h4-7H,1-3H3,(H,13,18)(H,14,15,16,17). The first-order chi connectivity index (χ1) is 9.63. The molecule has 1 aromatic heterocycles. The van der Waals surface area contributed by atoms with Crippen LogP contribution in [0.15, 0.2) is 18.2 Å². The van der Waals surface area contributed by atoms with Crippen LogP contribution in [0.5, 0.6) is 11.5 Å². The van der Waals surface area contributed by atoms with Crippen LogP contribution < -0.4 is 14.8 Å². The number of carbonyl (C=O) groups is 1. The molecular weight excluding hydrogens is 262 g/mol. The summed E-state index contributed by atoms with van der Waals surface area (Å²) in [5.41, 5.74) is 0.427. The summed E-state index contributed by atoms with van der Waals surface area (Å²) >= 11 is 0. The molecule has 1 atom stereocenters. The van der Waals surface area contributed by atoms with Gasteiger partial charge in [-0.1, -0.05) is 5.21 Å². The van der Waals surface area contributed by atoms with Gasteiger partial charge >= 0.3 is 0 Å². The molecule has 8 heteroatoms. The van der Waals surface area contributed by atoms with Gasteiger partial charge in [-0.05, 0) is 19.1 Å². The van der Waals surface area contributed by atoms with Crippen molar-refractivity contribution in [2.75, 3.05) is 14.2 Å². The highest BCUT2D eigenvalue weighted by molar-refractivity contribution is 5.95. The molecule has 0 aliphatic rings. The Labute approximate surface area is 115 Å². The lowest BCUT2D eigenvalue weighted by molar-refractivity contribution is 0.0937. The highest BCUT2D eigenvalue weighted by atomic mass is 16.5. The van der Waals surface area contributed by atoms with Crippen LogP contribution in [0.2, 0.25) is 0 Å². The third-order valence-electron chi connectivity index (χ3n) is 2.71. The van der Waals surface area contributed by atoms with Crippen LogP contribution in [0.1, 0.15) is 29.1 Å². The quantitative estimate of drug-likeness (QED) is 0.834. The normalized spacial score (nSPS) is 11.8. The minimum absolute atomic E-state index is 0.278. The van der Waals surface area contributed by atoms with E-state index in [-0.39, 0.29) is 11.9 Å². The van der Waals surface area contributed by atoms with Gasteiger partial charge in [0.15, 0.2) is 5.82 Å². The van der Waals surface area contributed by atoms with Crippen LogP contribution in [0, 0.1) is 0 Å². The van der Waals surface area contributed by atoms with E-state index in [1.54, 1.807) is 25.1 Å². The summed E-state index contributed by atoms with van der Waals surface area (Å²) in [6.45, 7) is 1.76. The molecule has 0 fully saturated rings. The van der Waals surface area contributed by atoms with E-state index < -0.39 is 0 Å². The van der Waals surface area contributed by atoms with Gasteiger partial charge in [0.05, 0.1) is 20.3 Å². The van der Waals surface area contributed by atoms with Gasteiger partial charge in [-0.15, -0.1) is 10.2 Å². The van der Waals surface area contributed by atoms with E-state index >= 15 is 0 Å². The number of amides is 1. The van der Waals surface area contributed by atoms with Crippen LogP contribution in [0.4, 0.5) is 0 Å². The number of ether oxygens (including phenoxy) is 2. The molecule has 0 aliphatic heterocycles. The molecule has 1 aromatic carbocycles. The SMILES string of the molecule is COc1cc(OC)cc(C(=O)NC(C)c2nn[nH]n2)c1. The Morgan fingerprint density at radius 2 is 1.90 bits per heavy atom. The van der Waals surface area contributed by atoms with Crippen molar-refractivity contribution < 1.29 is 14.3 Å². The predicted octanol–water partition coefficient (Wildman–Crippen LogP) is 0.708.